The Morgan fingerprint density at radius 3 is 2.87 bits per heavy atom. The van der Waals surface area contributed by atoms with Crippen LogP contribution in [0.4, 0.5) is 0 Å². The Hall–Kier alpha value is -2.54. The van der Waals surface area contributed by atoms with Gasteiger partial charge in [-0.05, 0) is 18.2 Å². The first-order valence-corrected chi connectivity index (χ1v) is 7.40. The molecule has 23 heavy (non-hydrogen) atoms. The number of amides is 1. The Balaban J connectivity index is 1.69. The lowest BCUT2D eigenvalue weighted by molar-refractivity contribution is 0.0748. The van der Waals surface area contributed by atoms with Gasteiger partial charge in [0, 0.05) is 26.5 Å². The lowest BCUT2D eigenvalue weighted by atomic mass is 10.3. The first-order chi connectivity index (χ1) is 11.0. The van der Waals surface area contributed by atoms with E-state index in [0.717, 1.165) is 5.69 Å². The van der Waals surface area contributed by atoms with E-state index in [1.54, 1.807) is 52.9 Å². The number of hydrogen-bond donors (Lipinski definition) is 0. The normalized spacial score (nSPS) is 10.9. The van der Waals surface area contributed by atoms with Gasteiger partial charge in [-0.2, -0.15) is 10.2 Å². The Labute approximate surface area is 138 Å². The summed E-state index contributed by atoms with van der Waals surface area (Å²) in [6.45, 7) is 0.834. The SMILES string of the molecule is CN(Cc1c(Cl)cnn1C)C(=O)c1ccc(Cn2cccn2)o1. The molecule has 0 saturated heterocycles. The fourth-order valence-corrected chi connectivity index (χ4v) is 2.46. The van der Waals surface area contributed by atoms with Gasteiger partial charge < -0.3 is 9.32 Å². The molecule has 0 atom stereocenters. The van der Waals surface area contributed by atoms with Gasteiger partial charge in [-0.15, -0.1) is 0 Å². The predicted octanol–water partition coefficient (Wildman–Crippen LogP) is 2.18. The molecule has 0 spiro atoms. The van der Waals surface area contributed by atoms with Gasteiger partial charge in [-0.25, -0.2) is 0 Å². The topological polar surface area (TPSA) is 69.1 Å². The Kier molecular flexibility index (Phi) is 4.20. The number of carbonyl (C=O) groups excluding carboxylic acids is 1. The van der Waals surface area contributed by atoms with Crippen molar-refractivity contribution >= 4 is 17.5 Å². The van der Waals surface area contributed by atoms with Gasteiger partial charge in [0.05, 0.1) is 30.0 Å². The van der Waals surface area contributed by atoms with Crippen molar-refractivity contribution < 1.29 is 9.21 Å². The van der Waals surface area contributed by atoms with Gasteiger partial charge in [0.1, 0.15) is 5.76 Å². The summed E-state index contributed by atoms with van der Waals surface area (Å²) in [5, 5.41) is 8.70. The fraction of sp³-hybridized carbons (Fsp3) is 0.267. The van der Waals surface area contributed by atoms with E-state index in [1.165, 1.54) is 0 Å². The van der Waals surface area contributed by atoms with E-state index in [9.17, 15) is 4.79 Å². The molecule has 7 nitrogen and oxygen atoms in total. The third kappa shape index (κ3) is 3.29. The monoisotopic (exact) mass is 333 g/mol. The minimum absolute atomic E-state index is 0.214. The summed E-state index contributed by atoms with van der Waals surface area (Å²) in [5.41, 5.74) is 0.769. The summed E-state index contributed by atoms with van der Waals surface area (Å²) in [4.78, 5) is 14.0. The Morgan fingerprint density at radius 2 is 2.22 bits per heavy atom. The number of aryl methyl sites for hydroxylation is 1. The van der Waals surface area contributed by atoms with Gasteiger partial charge in [-0.3, -0.25) is 14.2 Å². The zero-order valence-corrected chi connectivity index (χ0v) is 13.6. The summed E-state index contributed by atoms with van der Waals surface area (Å²) in [6, 6.07) is 5.28. The zero-order chi connectivity index (χ0) is 16.4. The van der Waals surface area contributed by atoms with E-state index in [4.69, 9.17) is 16.0 Å². The van der Waals surface area contributed by atoms with Crippen LogP contribution in [-0.4, -0.2) is 37.4 Å². The molecular weight excluding hydrogens is 318 g/mol. The Bertz CT molecular complexity index is 786. The third-order valence-corrected chi connectivity index (χ3v) is 3.81. The molecular formula is C15H16ClN5O2. The predicted molar refractivity (Wildman–Crippen MR) is 84.1 cm³/mol. The average Bonchev–Trinajstić information content (AvgIpc) is 3.26. The number of aromatic nitrogens is 4. The summed E-state index contributed by atoms with van der Waals surface area (Å²) < 4.78 is 8.99. The molecule has 0 fully saturated rings. The van der Waals surface area contributed by atoms with Crippen LogP contribution in [0, 0.1) is 0 Å². The number of halogens is 1. The molecule has 3 aromatic rings. The van der Waals surface area contributed by atoms with Crippen LogP contribution in [0.5, 0.6) is 0 Å². The molecule has 3 heterocycles. The van der Waals surface area contributed by atoms with E-state index in [-0.39, 0.29) is 11.7 Å². The molecule has 0 aliphatic carbocycles. The minimum atomic E-state index is -0.214. The number of nitrogens with zero attached hydrogens (tertiary/aromatic N) is 5. The lowest BCUT2D eigenvalue weighted by Gasteiger charge is -2.16. The van der Waals surface area contributed by atoms with Crippen molar-refractivity contribution in [3.05, 3.63) is 59.0 Å². The summed E-state index contributed by atoms with van der Waals surface area (Å²) in [7, 11) is 3.48. The maximum atomic E-state index is 12.4. The van der Waals surface area contributed by atoms with Gasteiger partial charge in [0.2, 0.25) is 0 Å². The van der Waals surface area contributed by atoms with E-state index in [1.807, 2.05) is 12.3 Å². The largest absolute Gasteiger partial charge is 0.454 e. The maximum Gasteiger partial charge on any atom is 0.289 e. The quantitative estimate of drug-likeness (QED) is 0.717. The molecule has 1 amide bonds. The lowest BCUT2D eigenvalue weighted by Crippen LogP contribution is -2.27. The highest BCUT2D eigenvalue weighted by molar-refractivity contribution is 6.31. The molecule has 3 rings (SSSR count). The molecule has 0 saturated carbocycles. The maximum absolute atomic E-state index is 12.4. The molecule has 0 N–H and O–H groups in total. The minimum Gasteiger partial charge on any atom is -0.454 e. The smallest absolute Gasteiger partial charge is 0.289 e. The first kappa shape index (κ1) is 15.4. The molecule has 8 heteroatoms. The van der Waals surface area contributed by atoms with E-state index in [2.05, 4.69) is 10.2 Å². The molecule has 0 radical (unpaired) electrons. The Morgan fingerprint density at radius 1 is 1.39 bits per heavy atom. The molecule has 120 valence electrons. The van der Waals surface area contributed by atoms with Crippen molar-refractivity contribution in [2.24, 2.45) is 7.05 Å². The first-order valence-electron chi connectivity index (χ1n) is 7.02. The van der Waals surface area contributed by atoms with Gasteiger partial charge in [0.25, 0.3) is 5.91 Å². The summed E-state index contributed by atoms with van der Waals surface area (Å²) in [6.07, 6.45) is 5.09. The van der Waals surface area contributed by atoms with Crippen LogP contribution in [-0.2, 0) is 20.1 Å². The molecule has 0 aromatic carbocycles. The van der Waals surface area contributed by atoms with Crippen molar-refractivity contribution in [2.75, 3.05) is 7.05 Å². The van der Waals surface area contributed by atoms with Crippen LogP contribution >= 0.6 is 11.6 Å². The van der Waals surface area contributed by atoms with Crippen LogP contribution in [0.3, 0.4) is 0 Å². The van der Waals surface area contributed by atoms with Crippen molar-refractivity contribution in [2.45, 2.75) is 13.1 Å². The van der Waals surface area contributed by atoms with Gasteiger partial charge in [-0.1, -0.05) is 11.6 Å². The molecule has 0 unspecified atom stereocenters. The molecule has 0 bridgehead atoms. The zero-order valence-electron chi connectivity index (χ0n) is 12.8. The highest BCUT2D eigenvalue weighted by Gasteiger charge is 2.19. The van der Waals surface area contributed by atoms with E-state index >= 15 is 0 Å². The average molecular weight is 334 g/mol. The van der Waals surface area contributed by atoms with Gasteiger partial charge >= 0.3 is 0 Å². The summed E-state index contributed by atoms with van der Waals surface area (Å²) in [5.74, 6) is 0.742. The van der Waals surface area contributed by atoms with Crippen LogP contribution in [0.1, 0.15) is 22.0 Å². The molecule has 0 aliphatic rings. The van der Waals surface area contributed by atoms with Crippen molar-refractivity contribution in [3.63, 3.8) is 0 Å². The number of rotatable bonds is 5. The van der Waals surface area contributed by atoms with E-state index < -0.39 is 0 Å². The highest BCUT2D eigenvalue weighted by Crippen LogP contribution is 2.18. The number of carbonyl (C=O) groups is 1. The second kappa shape index (κ2) is 6.29. The fourth-order valence-electron chi connectivity index (χ4n) is 2.23. The van der Waals surface area contributed by atoms with Crippen molar-refractivity contribution in [1.82, 2.24) is 24.5 Å². The van der Waals surface area contributed by atoms with Crippen LogP contribution in [0.2, 0.25) is 5.02 Å². The van der Waals surface area contributed by atoms with Gasteiger partial charge in [0.15, 0.2) is 5.76 Å². The standard InChI is InChI=1S/C15H16ClN5O2/c1-19(10-13-12(16)8-18-20(13)2)15(22)14-5-4-11(23-14)9-21-7-3-6-17-21/h3-8H,9-10H2,1-2H3. The number of furan rings is 1. The third-order valence-electron chi connectivity index (χ3n) is 3.49. The molecule has 0 aliphatic heterocycles. The van der Waals surface area contributed by atoms with Crippen LogP contribution in [0.15, 0.2) is 41.2 Å². The molecule has 3 aromatic heterocycles. The summed E-state index contributed by atoms with van der Waals surface area (Å²) >= 11 is 6.07. The van der Waals surface area contributed by atoms with Crippen molar-refractivity contribution in [1.29, 1.82) is 0 Å². The second-order valence-corrected chi connectivity index (χ2v) is 5.60. The van der Waals surface area contributed by atoms with Crippen LogP contribution in [0.25, 0.3) is 0 Å². The second-order valence-electron chi connectivity index (χ2n) is 5.19. The number of hydrogen-bond acceptors (Lipinski definition) is 4. The highest BCUT2D eigenvalue weighted by atomic mass is 35.5. The van der Waals surface area contributed by atoms with Crippen molar-refractivity contribution in [3.8, 4) is 0 Å². The van der Waals surface area contributed by atoms with E-state index in [0.29, 0.717) is 23.9 Å². The van der Waals surface area contributed by atoms with Crippen LogP contribution < -0.4 is 0 Å².